The topological polar surface area (TPSA) is 44.1 Å². The van der Waals surface area contributed by atoms with Crippen molar-refractivity contribution in [2.45, 2.75) is 25.3 Å². The van der Waals surface area contributed by atoms with Crippen molar-refractivity contribution in [3.05, 3.63) is 28.4 Å². The molecule has 6 heteroatoms. The number of carbonyl (C=O) groups is 1. The fraction of sp³-hybridized carbons (Fsp3) is 0.385. The van der Waals surface area contributed by atoms with Crippen LogP contribution in [0.1, 0.15) is 24.6 Å². The molecule has 0 saturated heterocycles. The lowest BCUT2D eigenvalue weighted by atomic mass is 10.0. The second-order valence-corrected chi connectivity index (χ2v) is 5.76. The fourth-order valence-electron chi connectivity index (χ4n) is 2.53. The number of rotatable bonds is 2. The van der Waals surface area contributed by atoms with Crippen molar-refractivity contribution in [2.24, 2.45) is 0 Å². The summed E-state index contributed by atoms with van der Waals surface area (Å²) in [6.45, 7) is 0. The molecule has 3 heterocycles. The number of halogens is 1. The van der Waals surface area contributed by atoms with Crippen LogP contribution in [0.3, 0.4) is 0 Å². The Bertz CT molecular complexity index is 606. The maximum Gasteiger partial charge on any atom is 0.328 e. The molecule has 0 spiro atoms. The molecule has 4 nitrogen and oxygen atoms in total. The second kappa shape index (κ2) is 4.98. The molecule has 3 rings (SSSR count). The van der Waals surface area contributed by atoms with Gasteiger partial charge in [-0.15, -0.1) is 11.3 Å². The minimum absolute atomic E-state index is 0.229. The first-order valence-corrected chi connectivity index (χ1v) is 7.36. The molecule has 1 aliphatic rings. The van der Waals surface area contributed by atoms with Crippen LogP contribution in [0.15, 0.2) is 17.5 Å². The van der Waals surface area contributed by atoms with E-state index in [9.17, 15) is 4.79 Å². The number of fused-ring (bicyclic) bond motifs is 1. The highest BCUT2D eigenvalue weighted by molar-refractivity contribution is 7.13. The number of nitrogens with zero attached hydrogens (tertiary/aromatic N) is 2. The highest BCUT2D eigenvalue weighted by Gasteiger charge is 2.32. The van der Waals surface area contributed by atoms with Crippen molar-refractivity contribution in [1.29, 1.82) is 0 Å². The van der Waals surface area contributed by atoms with E-state index in [1.165, 1.54) is 7.11 Å². The van der Waals surface area contributed by atoms with E-state index < -0.39 is 0 Å². The number of aromatic nitrogens is 2. The summed E-state index contributed by atoms with van der Waals surface area (Å²) >= 11 is 7.80. The predicted molar refractivity (Wildman–Crippen MR) is 74.5 cm³/mol. The van der Waals surface area contributed by atoms with Gasteiger partial charge in [-0.2, -0.15) is 0 Å². The van der Waals surface area contributed by atoms with E-state index in [0.29, 0.717) is 5.15 Å². The van der Waals surface area contributed by atoms with E-state index >= 15 is 0 Å². The average molecular weight is 297 g/mol. The van der Waals surface area contributed by atoms with Crippen molar-refractivity contribution < 1.29 is 9.53 Å². The zero-order valence-electron chi connectivity index (χ0n) is 10.4. The van der Waals surface area contributed by atoms with E-state index in [1.807, 2.05) is 22.1 Å². The van der Waals surface area contributed by atoms with Crippen molar-refractivity contribution in [1.82, 2.24) is 9.55 Å². The normalized spacial score (nSPS) is 18.1. The molecule has 1 atom stereocenters. The Morgan fingerprint density at radius 2 is 2.47 bits per heavy atom. The summed E-state index contributed by atoms with van der Waals surface area (Å²) in [4.78, 5) is 17.4. The number of esters is 1. The van der Waals surface area contributed by atoms with E-state index in [4.69, 9.17) is 16.3 Å². The molecule has 0 aromatic carbocycles. The van der Waals surface area contributed by atoms with Crippen LogP contribution in [0.25, 0.3) is 10.7 Å². The molecule has 1 unspecified atom stereocenters. The molecule has 0 radical (unpaired) electrons. The van der Waals surface area contributed by atoms with Gasteiger partial charge < -0.3 is 9.30 Å². The average Bonchev–Trinajstić information content (AvgIpc) is 3.06. The summed E-state index contributed by atoms with van der Waals surface area (Å²) in [6.07, 6.45) is 2.55. The monoisotopic (exact) mass is 296 g/mol. The Kier molecular flexibility index (Phi) is 3.33. The molecule has 0 saturated carbocycles. The SMILES string of the molecule is COC(=O)C1CCCc2c(Cl)nc(-c3cccs3)n21. The molecular weight excluding hydrogens is 284 g/mol. The summed E-state index contributed by atoms with van der Waals surface area (Å²) in [6, 6.07) is 3.64. The predicted octanol–water partition coefficient (Wildman–Crippen LogP) is 3.32. The maximum absolute atomic E-state index is 12.0. The summed E-state index contributed by atoms with van der Waals surface area (Å²) in [5, 5.41) is 2.48. The highest BCUT2D eigenvalue weighted by atomic mass is 35.5. The molecule has 2 aromatic heterocycles. The van der Waals surface area contributed by atoms with Gasteiger partial charge in [0.1, 0.15) is 6.04 Å². The molecular formula is C13H13ClN2O2S. The minimum atomic E-state index is -0.314. The highest BCUT2D eigenvalue weighted by Crippen LogP contribution is 2.37. The summed E-state index contributed by atoms with van der Waals surface area (Å²) in [5.41, 5.74) is 0.937. The van der Waals surface area contributed by atoms with Gasteiger partial charge in [0.2, 0.25) is 0 Å². The van der Waals surface area contributed by atoms with Gasteiger partial charge >= 0.3 is 5.97 Å². The largest absolute Gasteiger partial charge is 0.467 e. The van der Waals surface area contributed by atoms with Gasteiger partial charge in [-0.1, -0.05) is 17.7 Å². The number of carbonyl (C=O) groups excluding carboxylic acids is 1. The molecule has 2 aromatic rings. The zero-order valence-corrected chi connectivity index (χ0v) is 12.0. The molecule has 100 valence electrons. The molecule has 19 heavy (non-hydrogen) atoms. The first-order valence-electron chi connectivity index (χ1n) is 6.10. The van der Waals surface area contributed by atoms with Crippen molar-refractivity contribution in [2.75, 3.05) is 7.11 Å². The lowest BCUT2D eigenvalue weighted by molar-refractivity contribution is -0.145. The van der Waals surface area contributed by atoms with E-state index in [2.05, 4.69) is 4.98 Å². The van der Waals surface area contributed by atoms with Crippen LogP contribution < -0.4 is 0 Å². The number of ether oxygens (including phenoxy) is 1. The van der Waals surface area contributed by atoms with Gasteiger partial charge in [0, 0.05) is 0 Å². The number of methoxy groups -OCH3 is 1. The van der Waals surface area contributed by atoms with Crippen molar-refractivity contribution in [3.8, 4) is 10.7 Å². The lowest BCUT2D eigenvalue weighted by Crippen LogP contribution is -2.26. The Labute approximate surface area is 120 Å². The van der Waals surface area contributed by atoms with E-state index in [0.717, 1.165) is 35.7 Å². The standard InChI is InChI=1S/C13H13ClN2O2S/c1-18-13(17)9-5-2-4-8-11(14)15-12(16(8)9)10-6-3-7-19-10/h3,6-7,9H,2,4-5H2,1H3. The zero-order chi connectivity index (χ0) is 13.4. The van der Waals surface area contributed by atoms with Crippen LogP contribution in [-0.2, 0) is 16.0 Å². The van der Waals surface area contributed by atoms with Crippen LogP contribution in [0.2, 0.25) is 5.15 Å². The minimum Gasteiger partial charge on any atom is -0.467 e. The second-order valence-electron chi connectivity index (χ2n) is 4.45. The third kappa shape index (κ3) is 2.07. The summed E-state index contributed by atoms with van der Waals surface area (Å²) in [7, 11) is 1.42. The van der Waals surface area contributed by atoms with Crippen LogP contribution in [-0.4, -0.2) is 22.6 Å². The number of imidazole rings is 1. The molecule has 0 aliphatic carbocycles. The Morgan fingerprint density at radius 3 is 3.16 bits per heavy atom. The summed E-state index contributed by atoms with van der Waals surface area (Å²) < 4.78 is 6.85. The number of hydrogen-bond donors (Lipinski definition) is 0. The van der Waals surface area contributed by atoms with E-state index in [1.54, 1.807) is 11.3 Å². The Balaban J connectivity index is 2.15. The quantitative estimate of drug-likeness (QED) is 0.799. The van der Waals surface area contributed by atoms with Gasteiger partial charge in [0.15, 0.2) is 11.0 Å². The van der Waals surface area contributed by atoms with E-state index in [-0.39, 0.29) is 12.0 Å². The Morgan fingerprint density at radius 1 is 1.63 bits per heavy atom. The lowest BCUT2D eigenvalue weighted by Gasteiger charge is -2.25. The molecule has 0 bridgehead atoms. The molecule has 0 fully saturated rings. The molecule has 1 aliphatic heterocycles. The van der Waals surface area contributed by atoms with Gasteiger partial charge in [-0.05, 0) is 30.7 Å². The number of hydrogen-bond acceptors (Lipinski definition) is 4. The van der Waals surface area contributed by atoms with Crippen molar-refractivity contribution >= 4 is 28.9 Å². The van der Waals surface area contributed by atoms with Gasteiger partial charge in [-0.25, -0.2) is 9.78 Å². The third-order valence-electron chi connectivity index (χ3n) is 3.38. The van der Waals surface area contributed by atoms with Crippen LogP contribution in [0.5, 0.6) is 0 Å². The smallest absolute Gasteiger partial charge is 0.328 e. The first kappa shape index (κ1) is 12.7. The third-order valence-corrected chi connectivity index (χ3v) is 4.55. The molecule has 0 amide bonds. The van der Waals surface area contributed by atoms with Crippen LogP contribution >= 0.6 is 22.9 Å². The van der Waals surface area contributed by atoms with Gasteiger partial charge in [0.05, 0.1) is 17.7 Å². The van der Waals surface area contributed by atoms with Gasteiger partial charge in [0.25, 0.3) is 0 Å². The van der Waals surface area contributed by atoms with Crippen LogP contribution in [0.4, 0.5) is 0 Å². The van der Waals surface area contributed by atoms with Crippen LogP contribution in [0, 0.1) is 0 Å². The van der Waals surface area contributed by atoms with Gasteiger partial charge in [-0.3, -0.25) is 0 Å². The van der Waals surface area contributed by atoms with Crippen molar-refractivity contribution in [3.63, 3.8) is 0 Å². The first-order chi connectivity index (χ1) is 9.22. The Hall–Kier alpha value is -1.33. The summed E-state index contributed by atoms with van der Waals surface area (Å²) in [5.74, 6) is 0.540. The fourth-order valence-corrected chi connectivity index (χ4v) is 3.50. The molecule has 0 N–H and O–H groups in total. The maximum atomic E-state index is 12.0. The number of thiophene rings is 1.